The molecule has 2 aromatic heterocycles. The van der Waals surface area contributed by atoms with Crippen LogP contribution < -0.4 is 10.6 Å². The minimum atomic E-state index is -0.360. The summed E-state index contributed by atoms with van der Waals surface area (Å²) in [7, 11) is 1.94. The third-order valence-electron chi connectivity index (χ3n) is 10.3. The average molecular weight is 708 g/mol. The monoisotopic (exact) mass is 707 g/mol. The molecule has 0 spiro atoms. The third kappa shape index (κ3) is 6.55. The van der Waals surface area contributed by atoms with Gasteiger partial charge in [0.05, 0.1) is 45.5 Å². The fraction of sp³-hybridized carbons (Fsp3) is 0.149. The first-order valence-corrected chi connectivity index (χ1v) is 18.5. The summed E-state index contributed by atoms with van der Waals surface area (Å²) in [6, 6.07) is 48.3. The average Bonchev–Trinajstić information content (AvgIpc) is 3.22. The predicted octanol–water partition coefficient (Wildman–Crippen LogP) is 9.99. The van der Waals surface area contributed by atoms with Gasteiger partial charge in [0, 0.05) is 32.7 Å². The molecule has 2 N–H and O–H groups in total. The van der Waals surface area contributed by atoms with Gasteiger partial charge in [-0.15, -0.1) is 0 Å². The minimum Gasteiger partial charge on any atom is -0.336 e. The normalized spacial score (nSPS) is 12.7. The third-order valence-corrected chi connectivity index (χ3v) is 10.3. The van der Waals surface area contributed by atoms with Crippen molar-refractivity contribution in [1.82, 2.24) is 25.5 Å². The van der Waals surface area contributed by atoms with Gasteiger partial charge in [-0.2, -0.15) is 0 Å². The van der Waals surface area contributed by atoms with Crippen molar-refractivity contribution in [2.24, 2.45) is 0 Å². The number of benzene rings is 6. The van der Waals surface area contributed by atoms with Gasteiger partial charge in [-0.25, -0.2) is 9.97 Å². The summed E-state index contributed by atoms with van der Waals surface area (Å²) in [4.78, 5) is 40.4. The van der Waals surface area contributed by atoms with E-state index in [4.69, 9.17) is 9.97 Å². The van der Waals surface area contributed by atoms with Crippen molar-refractivity contribution in [3.63, 3.8) is 0 Å². The van der Waals surface area contributed by atoms with Crippen molar-refractivity contribution in [3.05, 3.63) is 157 Å². The van der Waals surface area contributed by atoms with Crippen LogP contribution in [0.1, 0.15) is 47.4 Å². The molecule has 7 nitrogen and oxygen atoms in total. The molecule has 8 rings (SSSR count). The van der Waals surface area contributed by atoms with Crippen LogP contribution in [0.4, 0.5) is 0 Å². The van der Waals surface area contributed by atoms with Crippen molar-refractivity contribution >= 4 is 55.4 Å². The molecular formula is C47H41N5O2. The van der Waals surface area contributed by atoms with Crippen LogP contribution in [0.3, 0.4) is 0 Å². The second-order valence-electron chi connectivity index (χ2n) is 13.7. The van der Waals surface area contributed by atoms with Gasteiger partial charge in [-0.05, 0) is 55.3 Å². The van der Waals surface area contributed by atoms with Crippen LogP contribution in [0, 0.1) is 0 Å². The summed E-state index contributed by atoms with van der Waals surface area (Å²) in [5, 5.41) is 10.3. The van der Waals surface area contributed by atoms with Crippen molar-refractivity contribution in [1.29, 1.82) is 0 Å². The standard InChI is InChI=1S/C47H41N5O2/c1-4-40(48-46(53)38-26-14-22-34-28-32-20-12-24-36(42(32)50-44(34)38)30-16-8-6-9-17-30)52(3)41(5-2)49-47(54)39-27-15-23-35-29-33-21-13-25-37(43(33)51-45(35)39)31-18-10-7-11-19-31/h6-29,40-41H,4-5H2,1-3H3,(H,48,53)(H,49,54). The molecule has 2 amide bonds. The van der Waals surface area contributed by atoms with E-state index in [2.05, 4.69) is 71.3 Å². The van der Waals surface area contributed by atoms with Gasteiger partial charge in [0.1, 0.15) is 0 Å². The first-order chi connectivity index (χ1) is 26.4. The van der Waals surface area contributed by atoms with Crippen LogP contribution in [0.25, 0.3) is 65.9 Å². The Balaban J connectivity index is 1.06. The maximum absolute atomic E-state index is 14.1. The van der Waals surface area contributed by atoms with E-state index in [0.29, 0.717) is 35.0 Å². The molecule has 7 heteroatoms. The molecule has 54 heavy (non-hydrogen) atoms. The highest BCUT2D eigenvalue weighted by molar-refractivity contribution is 6.10. The first-order valence-electron chi connectivity index (χ1n) is 18.5. The van der Waals surface area contributed by atoms with E-state index in [0.717, 1.165) is 54.8 Å². The number of fused-ring (bicyclic) bond motifs is 4. The molecule has 0 saturated carbocycles. The fourth-order valence-corrected chi connectivity index (χ4v) is 7.50. The smallest absolute Gasteiger partial charge is 0.254 e. The number of hydrogen-bond acceptors (Lipinski definition) is 5. The van der Waals surface area contributed by atoms with Crippen LogP contribution in [0.15, 0.2) is 146 Å². The topological polar surface area (TPSA) is 87.2 Å². The molecule has 0 bridgehead atoms. The Morgan fingerprint density at radius 1 is 0.500 bits per heavy atom. The van der Waals surface area contributed by atoms with Crippen molar-refractivity contribution in [3.8, 4) is 22.3 Å². The number of rotatable bonds is 10. The number of pyridine rings is 2. The SMILES string of the molecule is CCC(NC(=O)c1cccc2cc3cccc(-c4ccccc4)c3nc12)N(C)C(CC)NC(=O)c1cccc2cc3cccc(-c4ccccc4)c3nc12. The zero-order chi connectivity index (χ0) is 37.2. The molecular weight excluding hydrogens is 667 g/mol. The quantitative estimate of drug-likeness (QED) is 0.109. The molecule has 0 aliphatic carbocycles. The van der Waals surface area contributed by atoms with E-state index < -0.39 is 0 Å². The number of amides is 2. The number of nitrogens with zero attached hydrogens (tertiary/aromatic N) is 3. The summed E-state index contributed by atoms with van der Waals surface area (Å²) < 4.78 is 0. The molecule has 0 radical (unpaired) electrons. The number of hydrogen-bond donors (Lipinski definition) is 2. The Kier molecular flexibility index (Phi) is 9.55. The molecule has 266 valence electrons. The highest BCUT2D eigenvalue weighted by Gasteiger charge is 2.26. The van der Waals surface area contributed by atoms with E-state index in [1.165, 1.54) is 0 Å². The number of carbonyl (C=O) groups excluding carboxylic acids is 2. The molecule has 0 saturated heterocycles. The summed E-state index contributed by atoms with van der Waals surface area (Å²) >= 11 is 0. The van der Waals surface area contributed by atoms with E-state index in [1.807, 2.05) is 111 Å². The molecule has 0 fully saturated rings. The van der Waals surface area contributed by atoms with E-state index in [9.17, 15) is 9.59 Å². The predicted molar refractivity (Wildman–Crippen MR) is 220 cm³/mol. The second kappa shape index (κ2) is 14.9. The van der Waals surface area contributed by atoms with E-state index >= 15 is 0 Å². The number of nitrogens with one attached hydrogen (secondary N) is 2. The maximum atomic E-state index is 14.1. The first kappa shape index (κ1) is 34.6. The molecule has 0 aliphatic heterocycles. The lowest BCUT2D eigenvalue weighted by Crippen LogP contribution is -2.55. The maximum Gasteiger partial charge on any atom is 0.254 e. The second-order valence-corrected chi connectivity index (χ2v) is 13.7. The van der Waals surface area contributed by atoms with Crippen LogP contribution in [-0.2, 0) is 0 Å². The number of carbonyl (C=O) groups is 2. The van der Waals surface area contributed by atoms with Crippen LogP contribution in [0.2, 0.25) is 0 Å². The molecule has 2 atom stereocenters. The Hall–Kier alpha value is -6.44. The Morgan fingerprint density at radius 2 is 0.870 bits per heavy atom. The van der Waals surface area contributed by atoms with Crippen LogP contribution in [-0.4, -0.2) is 46.1 Å². The Labute approximate surface area is 314 Å². The molecule has 2 heterocycles. The van der Waals surface area contributed by atoms with Gasteiger partial charge in [0.25, 0.3) is 11.8 Å². The van der Waals surface area contributed by atoms with Crippen molar-refractivity contribution in [2.75, 3.05) is 7.05 Å². The van der Waals surface area contributed by atoms with Gasteiger partial charge in [0.2, 0.25) is 0 Å². The summed E-state index contributed by atoms with van der Waals surface area (Å²) in [6.07, 6.45) is 0.526. The van der Waals surface area contributed by atoms with Gasteiger partial charge in [0.15, 0.2) is 0 Å². The van der Waals surface area contributed by atoms with Crippen molar-refractivity contribution in [2.45, 2.75) is 39.0 Å². The number of para-hydroxylation sites is 4. The number of aromatic nitrogens is 2. The largest absolute Gasteiger partial charge is 0.336 e. The molecule has 0 aliphatic rings. The highest BCUT2D eigenvalue weighted by Crippen LogP contribution is 2.32. The van der Waals surface area contributed by atoms with Gasteiger partial charge >= 0.3 is 0 Å². The molecule has 6 aromatic carbocycles. The summed E-state index contributed by atoms with van der Waals surface area (Å²) in [6.45, 7) is 4.06. The van der Waals surface area contributed by atoms with E-state index in [-0.39, 0.29) is 24.1 Å². The fourth-order valence-electron chi connectivity index (χ4n) is 7.50. The lowest BCUT2D eigenvalue weighted by molar-refractivity contribution is 0.0701. The Bertz CT molecular complexity index is 2480. The molecule has 2 unspecified atom stereocenters. The molecule has 8 aromatic rings. The van der Waals surface area contributed by atoms with Gasteiger partial charge in [-0.1, -0.05) is 135 Å². The zero-order valence-corrected chi connectivity index (χ0v) is 30.6. The Morgan fingerprint density at radius 3 is 1.26 bits per heavy atom. The van der Waals surface area contributed by atoms with Crippen LogP contribution in [0.5, 0.6) is 0 Å². The summed E-state index contributed by atoms with van der Waals surface area (Å²) in [5.74, 6) is -0.437. The minimum absolute atomic E-state index is 0.219. The van der Waals surface area contributed by atoms with E-state index in [1.54, 1.807) is 0 Å². The summed E-state index contributed by atoms with van der Waals surface area (Å²) in [5.41, 5.74) is 8.18. The van der Waals surface area contributed by atoms with Gasteiger partial charge in [-0.3, -0.25) is 14.5 Å². The van der Waals surface area contributed by atoms with Gasteiger partial charge < -0.3 is 10.6 Å². The zero-order valence-electron chi connectivity index (χ0n) is 30.6. The van der Waals surface area contributed by atoms with Crippen molar-refractivity contribution < 1.29 is 9.59 Å². The lowest BCUT2D eigenvalue weighted by atomic mass is 10.00. The highest BCUT2D eigenvalue weighted by atomic mass is 16.2. The lowest BCUT2D eigenvalue weighted by Gasteiger charge is -2.35. The van der Waals surface area contributed by atoms with Crippen LogP contribution >= 0.6 is 0 Å².